The number of piperidine rings is 1. The molecule has 0 unspecified atom stereocenters. The van der Waals surface area contributed by atoms with Gasteiger partial charge in [-0.2, -0.15) is 0 Å². The van der Waals surface area contributed by atoms with Crippen molar-refractivity contribution in [2.75, 3.05) is 33.5 Å². The van der Waals surface area contributed by atoms with Gasteiger partial charge in [0, 0.05) is 13.1 Å². The Morgan fingerprint density at radius 3 is 2.81 bits per heavy atom. The Labute approximate surface area is 131 Å². The van der Waals surface area contributed by atoms with Crippen LogP contribution in [0.3, 0.4) is 0 Å². The maximum atomic E-state index is 6.21. The van der Waals surface area contributed by atoms with E-state index in [9.17, 15) is 0 Å². The van der Waals surface area contributed by atoms with Gasteiger partial charge in [0.25, 0.3) is 0 Å². The van der Waals surface area contributed by atoms with Crippen LogP contribution in [0.2, 0.25) is 5.02 Å². The van der Waals surface area contributed by atoms with Gasteiger partial charge in [-0.25, -0.2) is 0 Å². The number of rotatable bonds is 4. The molecule has 2 aliphatic rings. The summed E-state index contributed by atoms with van der Waals surface area (Å²) < 4.78 is 10.7. The second kappa shape index (κ2) is 6.03. The Bertz CT molecular complexity index is 513. The van der Waals surface area contributed by atoms with Crippen molar-refractivity contribution in [3.63, 3.8) is 0 Å². The van der Waals surface area contributed by atoms with E-state index in [1.807, 2.05) is 12.1 Å². The molecule has 0 aromatic heterocycles. The monoisotopic (exact) mass is 310 g/mol. The van der Waals surface area contributed by atoms with Gasteiger partial charge in [0.2, 0.25) is 6.79 Å². The Morgan fingerprint density at radius 1 is 1.29 bits per heavy atom. The Kier molecular flexibility index (Phi) is 4.29. The number of hydrogen-bond acceptors (Lipinski definition) is 4. The minimum Gasteiger partial charge on any atom is -0.454 e. The van der Waals surface area contributed by atoms with Crippen molar-refractivity contribution in [1.82, 2.24) is 10.2 Å². The van der Waals surface area contributed by atoms with E-state index in [0.717, 1.165) is 24.4 Å². The lowest BCUT2D eigenvalue weighted by Crippen LogP contribution is -2.41. The molecule has 0 spiro atoms. The van der Waals surface area contributed by atoms with Crippen LogP contribution in [0.4, 0.5) is 0 Å². The molecule has 4 nitrogen and oxygen atoms in total. The van der Waals surface area contributed by atoms with Crippen LogP contribution in [0.5, 0.6) is 11.5 Å². The molecule has 0 aliphatic carbocycles. The molecule has 0 atom stereocenters. The van der Waals surface area contributed by atoms with Crippen LogP contribution in [-0.2, 0) is 6.54 Å². The van der Waals surface area contributed by atoms with Gasteiger partial charge in [0.15, 0.2) is 11.5 Å². The lowest BCUT2D eigenvalue weighted by molar-refractivity contribution is 0.137. The third-order valence-electron chi connectivity index (χ3n) is 4.56. The molecular weight excluding hydrogens is 288 g/mol. The first-order valence-corrected chi connectivity index (χ1v) is 7.91. The van der Waals surface area contributed by atoms with Gasteiger partial charge in [-0.15, -0.1) is 0 Å². The quantitative estimate of drug-likeness (QED) is 0.927. The molecular formula is C16H23ClN2O2. The van der Waals surface area contributed by atoms with Crippen LogP contribution in [0.25, 0.3) is 0 Å². The molecule has 5 heteroatoms. The highest BCUT2D eigenvalue weighted by atomic mass is 35.5. The Hall–Kier alpha value is -0.970. The van der Waals surface area contributed by atoms with Gasteiger partial charge in [-0.1, -0.05) is 18.5 Å². The first-order chi connectivity index (χ1) is 10.1. The predicted molar refractivity (Wildman–Crippen MR) is 84.1 cm³/mol. The summed E-state index contributed by atoms with van der Waals surface area (Å²) in [5.41, 5.74) is 1.54. The predicted octanol–water partition coefficient (Wildman–Crippen LogP) is 2.89. The van der Waals surface area contributed by atoms with E-state index < -0.39 is 0 Å². The van der Waals surface area contributed by atoms with Gasteiger partial charge in [-0.05, 0) is 56.1 Å². The van der Waals surface area contributed by atoms with E-state index in [0.29, 0.717) is 16.2 Å². The molecule has 116 valence electrons. The van der Waals surface area contributed by atoms with Gasteiger partial charge in [0.1, 0.15) is 0 Å². The standard InChI is InChI=1S/C16H23ClN2O2/c1-16(3-5-19(2)6-4-16)10-18-9-12-7-13(17)15-14(8-12)20-11-21-15/h7-8,18H,3-6,9-11H2,1-2H3. The molecule has 1 fully saturated rings. The van der Waals surface area contributed by atoms with Crippen molar-refractivity contribution in [3.8, 4) is 11.5 Å². The Balaban J connectivity index is 1.55. The molecule has 0 amide bonds. The number of nitrogens with one attached hydrogen (secondary N) is 1. The summed E-state index contributed by atoms with van der Waals surface area (Å²) >= 11 is 6.21. The zero-order valence-electron chi connectivity index (χ0n) is 12.7. The second-order valence-electron chi connectivity index (χ2n) is 6.53. The normalized spacial score (nSPS) is 20.7. The third kappa shape index (κ3) is 3.44. The summed E-state index contributed by atoms with van der Waals surface area (Å²) in [6.07, 6.45) is 2.50. The lowest BCUT2D eigenvalue weighted by atomic mass is 9.80. The summed E-state index contributed by atoms with van der Waals surface area (Å²) in [5.74, 6) is 1.42. The average molecular weight is 311 g/mol. The number of nitrogens with zero attached hydrogens (tertiary/aromatic N) is 1. The molecule has 1 aromatic carbocycles. The molecule has 1 aromatic rings. The summed E-state index contributed by atoms with van der Waals surface area (Å²) in [6, 6.07) is 3.97. The van der Waals surface area contributed by atoms with Crippen molar-refractivity contribution < 1.29 is 9.47 Å². The molecule has 1 N–H and O–H groups in total. The fourth-order valence-electron chi connectivity index (χ4n) is 2.97. The van der Waals surface area contributed by atoms with Gasteiger partial charge in [0.05, 0.1) is 5.02 Å². The number of halogens is 1. The Morgan fingerprint density at radius 2 is 2.05 bits per heavy atom. The van der Waals surface area contributed by atoms with Crippen LogP contribution >= 0.6 is 11.6 Å². The zero-order chi connectivity index (χ0) is 14.9. The first-order valence-electron chi connectivity index (χ1n) is 7.53. The molecule has 0 bridgehead atoms. The van der Waals surface area contributed by atoms with E-state index in [-0.39, 0.29) is 6.79 Å². The van der Waals surface area contributed by atoms with Gasteiger partial charge >= 0.3 is 0 Å². The van der Waals surface area contributed by atoms with Crippen LogP contribution in [0.15, 0.2) is 12.1 Å². The SMILES string of the molecule is CN1CCC(C)(CNCc2cc(Cl)c3c(c2)OCO3)CC1. The highest BCUT2D eigenvalue weighted by Crippen LogP contribution is 2.39. The van der Waals surface area contributed by atoms with E-state index >= 15 is 0 Å². The number of benzene rings is 1. The van der Waals surface area contributed by atoms with Crippen molar-refractivity contribution >= 4 is 11.6 Å². The highest BCUT2D eigenvalue weighted by molar-refractivity contribution is 6.32. The van der Waals surface area contributed by atoms with E-state index in [1.165, 1.54) is 25.9 Å². The summed E-state index contributed by atoms with van der Waals surface area (Å²) in [7, 11) is 2.20. The smallest absolute Gasteiger partial charge is 0.231 e. The fourth-order valence-corrected chi connectivity index (χ4v) is 3.25. The van der Waals surface area contributed by atoms with E-state index in [4.69, 9.17) is 21.1 Å². The minimum absolute atomic E-state index is 0.261. The van der Waals surface area contributed by atoms with Crippen LogP contribution in [-0.4, -0.2) is 38.4 Å². The minimum atomic E-state index is 0.261. The number of ether oxygens (including phenoxy) is 2. The number of hydrogen-bond donors (Lipinski definition) is 1. The topological polar surface area (TPSA) is 33.7 Å². The molecule has 2 heterocycles. The van der Waals surface area contributed by atoms with Crippen molar-refractivity contribution in [2.45, 2.75) is 26.3 Å². The fraction of sp³-hybridized carbons (Fsp3) is 0.625. The molecule has 3 rings (SSSR count). The molecule has 1 saturated heterocycles. The van der Waals surface area contributed by atoms with E-state index in [2.05, 4.69) is 24.2 Å². The zero-order valence-corrected chi connectivity index (χ0v) is 13.5. The van der Waals surface area contributed by atoms with Crippen LogP contribution in [0, 0.1) is 5.41 Å². The largest absolute Gasteiger partial charge is 0.454 e. The molecule has 21 heavy (non-hydrogen) atoms. The number of fused-ring (bicyclic) bond motifs is 1. The maximum absolute atomic E-state index is 6.21. The summed E-state index contributed by atoms with van der Waals surface area (Å²) in [5, 5.41) is 4.20. The highest BCUT2D eigenvalue weighted by Gasteiger charge is 2.28. The van der Waals surface area contributed by atoms with Crippen molar-refractivity contribution in [3.05, 3.63) is 22.7 Å². The molecule has 0 saturated carbocycles. The van der Waals surface area contributed by atoms with E-state index in [1.54, 1.807) is 0 Å². The van der Waals surface area contributed by atoms with Gasteiger partial charge in [-0.3, -0.25) is 0 Å². The van der Waals surface area contributed by atoms with Crippen molar-refractivity contribution in [1.29, 1.82) is 0 Å². The summed E-state index contributed by atoms with van der Waals surface area (Å²) in [4.78, 5) is 2.40. The molecule has 2 aliphatic heterocycles. The lowest BCUT2D eigenvalue weighted by Gasteiger charge is -2.38. The maximum Gasteiger partial charge on any atom is 0.231 e. The second-order valence-corrected chi connectivity index (χ2v) is 6.94. The number of likely N-dealkylation sites (tertiary alicyclic amines) is 1. The third-order valence-corrected chi connectivity index (χ3v) is 4.84. The first kappa shape index (κ1) is 14.9. The van der Waals surface area contributed by atoms with Crippen LogP contribution < -0.4 is 14.8 Å². The summed E-state index contributed by atoms with van der Waals surface area (Å²) in [6.45, 7) is 6.86. The van der Waals surface area contributed by atoms with Gasteiger partial charge < -0.3 is 19.7 Å². The average Bonchev–Trinajstić information content (AvgIpc) is 2.91. The van der Waals surface area contributed by atoms with Crippen LogP contribution in [0.1, 0.15) is 25.3 Å². The van der Waals surface area contributed by atoms with Crippen molar-refractivity contribution in [2.24, 2.45) is 5.41 Å². The molecule has 0 radical (unpaired) electrons.